The lowest BCUT2D eigenvalue weighted by Gasteiger charge is -2.05. The van der Waals surface area contributed by atoms with Crippen LogP contribution in [-0.2, 0) is 16.4 Å². The molecule has 1 aromatic rings. The van der Waals surface area contributed by atoms with Crippen LogP contribution in [0.4, 0.5) is 0 Å². The van der Waals surface area contributed by atoms with Gasteiger partial charge in [0, 0.05) is 17.7 Å². The molecule has 0 saturated heterocycles. The van der Waals surface area contributed by atoms with Gasteiger partial charge in [-0.1, -0.05) is 19.1 Å². The van der Waals surface area contributed by atoms with Crippen molar-refractivity contribution in [2.45, 2.75) is 31.2 Å². The Hall–Kier alpha value is -0.520. The van der Waals surface area contributed by atoms with Gasteiger partial charge >= 0.3 is 0 Å². The van der Waals surface area contributed by atoms with Gasteiger partial charge in [0.1, 0.15) is 9.84 Å². The number of rotatable bonds is 9. The predicted octanol–water partition coefficient (Wildman–Crippen LogP) is 2.71. The van der Waals surface area contributed by atoms with E-state index in [1.165, 1.54) is 16.7 Å². The molecular formula is C14H23NO2S2. The van der Waals surface area contributed by atoms with E-state index >= 15 is 0 Å². The van der Waals surface area contributed by atoms with Crippen molar-refractivity contribution in [3.05, 3.63) is 29.8 Å². The van der Waals surface area contributed by atoms with E-state index in [1.807, 2.05) is 0 Å². The van der Waals surface area contributed by atoms with Crippen LogP contribution in [0, 0.1) is 0 Å². The average molecular weight is 301 g/mol. The van der Waals surface area contributed by atoms with Gasteiger partial charge in [-0.2, -0.15) is 0 Å². The minimum atomic E-state index is -2.82. The lowest BCUT2D eigenvalue weighted by atomic mass is 10.2. The number of benzene rings is 1. The standard InChI is InChI=1S/C14H23NO2S2/c1-3-9-15-12-13-5-7-14(8-6-13)18-10-4-11-19(2,16)17/h5-8,15H,3-4,9-12H2,1-2H3. The fourth-order valence-corrected chi connectivity index (χ4v) is 3.33. The maximum Gasteiger partial charge on any atom is 0.147 e. The molecular weight excluding hydrogens is 278 g/mol. The molecule has 0 unspecified atom stereocenters. The summed E-state index contributed by atoms with van der Waals surface area (Å²) in [5.41, 5.74) is 1.29. The second kappa shape index (κ2) is 8.61. The first kappa shape index (κ1) is 16.5. The van der Waals surface area contributed by atoms with Crippen LogP contribution in [0.5, 0.6) is 0 Å². The van der Waals surface area contributed by atoms with Crippen LogP contribution in [-0.4, -0.2) is 32.7 Å². The molecule has 0 heterocycles. The van der Waals surface area contributed by atoms with Crippen molar-refractivity contribution in [1.29, 1.82) is 0 Å². The third-order valence-electron chi connectivity index (χ3n) is 2.61. The van der Waals surface area contributed by atoms with E-state index in [4.69, 9.17) is 0 Å². The molecule has 1 aromatic carbocycles. The highest BCUT2D eigenvalue weighted by Gasteiger charge is 2.02. The van der Waals surface area contributed by atoms with Gasteiger partial charge in [-0.25, -0.2) is 8.42 Å². The molecule has 108 valence electrons. The Labute approximate surface area is 121 Å². The van der Waals surface area contributed by atoms with Crippen molar-refractivity contribution in [1.82, 2.24) is 5.32 Å². The summed E-state index contributed by atoms with van der Waals surface area (Å²) in [4.78, 5) is 1.20. The maximum atomic E-state index is 11.0. The van der Waals surface area contributed by atoms with Gasteiger partial charge in [-0.05, 0) is 42.8 Å². The lowest BCUT2D eigenvalue weighted by molar-refractivity contribution is 0.600. The third kappa shape index (κ3) is 8.29. The van der Waals surface area contributed by atoms with Gasteiger partial charge in [-0.15, -0.1) is 11.8 Å². The topological polar surface area (TPSA) is 46.2 Å². The summed E-state index contributed by atoms with van der Waals surface area (Å²) in [7, 11) is -2.82. The first-order chi connectivity index (χ1) is 9.01. The molecule has 5 heteroatoms. The monoisotopic (exact) mass is 301 g/mol. The second-order valence-electron chi connectivity index (χ2n) is 4.65. The SMILES string of the molecule is CCCNCc1ccc(SCCCS(C)(=O)=O)cc1. The van der Waals surface area contributed by atoms with E-state index in [1.54, 1.807) is 11.8 Å². The highest BCUT2D eigenvalue weighted by atomic mass is 32.2. The van der Waals surface area contributed by atoms with Crippen LogP contribution in [0.3, 0.4) is 0 Å². The predicted molar refractivity (Wildman–Crippen MR) is 83.5 cm³/mol. The molecule has 0 aliphatic heterocycles. The van der Waals surface area contributed by atoms with Gasteiger partial charge in [0.2, 0.25) is 0 Å². The summed E-state index contributed by atoms with van der Waals surface area (Å²) in [5.74, 6) is 1.12. The normalized spacial score (nSPS) is 11.7. The summed E-state index contributed by atoms with van der Waals surface area (Å²) in [5, 5.41) is 3.37. The Kier molecular flexibility index (Phi) is 7.49. The minimum absolute atomic E-state index is 0.277. The second-order valence-corrected chi connectivity index (χ2v) is 8.08. The molecule has 0 spiro atoms. The Morgan fingerprint density at radius 3 is 2.47 bits per heavy atom. The van der Waals surface area contributed by atoms with E-state index in [-0.39, 0.29) is 5.75 Å². The van der Waals surface area contributed by atoms with Crippen molar-refractivity contribution < 1.29 is 8.42 Å². The molecule has 0 radical (unpaired) electrons. The first-order valence-electron chi connectivity index (χ1n) is 6.61. The Balaban J connectivity index is 2.28. The summed E-state index contributed by atoms with van der Waals surface area (Å²) < 4.78 is 22.0. The highest BCUT2D eigenvalue weighted by molar-refractivity contribution is 7.99. The van der Waals surface area contributed by atoms with Crippen molar-refractivity contribution in [3.8, 4) is 0 Å². The summed E-state index contributed by atoms with van der Waals surface area (Å²) in [6.45, 7) is 4.11. The van der Waals surface area contributed by atoms with Gasteiger partial charge in [-0.3, -0.25) is 0 Å². The van der Waals surface area contributed by atoms with Crippen molar-refractivity contribution in [2.24, 2.45) is 0 Å². The van der Waals surface area contributed by atoms with Crippen LogP contribution in [0.15, 0.2) is 29.2 Å². The van der Waals surface area contributed by atoms with E-state index < -0.39 is 9.84 Å². The van der Waals surface area contributed by atoms with Gasteiger partial charge in [0.25, 0.3) is 0 Å². The zero-order chi connectivity index (χ0) is 14.1. The molecule has 0 amide bonds. The van der Waals surface area contributed by atoms with Gasteiger partial charge in [0.05, 0.1) is 5.75 Å². The smallest absolute Gasteiger partial charge is 0.147 e. The molecule has 0 aromatic heterocycles. The average Bonchev–Trinajstić information content (AvgIpc) is 2.36. The molecule has 1 rings (SSSR count). The van der Waals surface area contributed by atoms with Crippen molar-refractivity contribution in [2.75, 3.05) is 24.3 Å². The fourth-order valence-electron chi connectivity index (χ4n) is 1.62. The lowest BCUT2D eigenvalue weighted by Crippen LogP contribution is -2.13. The summed E-state index contributed by atoms with van der Waals surface area (Å²) in [6.07, 6.45) is 3.15. The number of sulfone groups is 1. The van der Waals surface area contributed by atoms with Crippen LogP contribution in [0.25, 0.3) is 0 Å². The van der Waals surface area contributed by atoms with Gasteiger partial charge < -0.3 is 5.32 Å². The molecule has 3 nitrogen and oxygen atoms in total. The molecule has 1 N–H and O–H groups in total. The molecule has 0 aliphatic carbocycles. The zero-order valence-electron chi connectivity index (χ0n) is 11.7. The number of hydrogen-bond donors (Lipinski definition) is 1. The molecule has 0 fully saturated rings. The Morgan fingerprint density at radius 2 is 1.89 bits per heavy atom. The van der Waals surface area contributed by atoms with Crippen molar-refractivity contribution >= 4 is 21.6 Å². The summed E-state index contributed by atoms with van der Waals surface area (Å²) in [6, 6.07) is 8.46. The van der Waals surface area contributed by atoms with E-state index in [9.17, 15) is 8.42 Å². The Bertz CT molecular complexity index is 455. The summed E-state index contributed by atoms with van der Waals surface area (Å²) >= 11 is 1.71. The van der Waals surface area contributed by atoms with Crippen molar-refractivity contribution in [3.63, 3.8) is 0 Å². The molecule has 0 atom stereocenters. The van der Waals surface area contributed by atoms with Crippen LogP contribution >= 0.6 is 11.8 Å². The van der Waals surface area contributed by atoms with Crippen LogP contribution in [0.2, 0.25) is 0 Å². The Morgan fingerprint density at radius 1 is 1.21 bits per heavy atom. The number of thioether (sulfide) groups is 1. The zero-order valence-corrected chi connectivity index (χ0v) is 13.3. The van der Waals surface area contributed by atoms with E-state index in [0.29, 0.717) is 6.42 Å². The number of nitrogens with one attached hydrogen (secondary N) is 1. The molecule has 19 heavy (non-hydrogen) atoms. The number of hydrogen-bond acceptors (Lipinski definition) is 4. The van der Waals surface area contributed by atoms with Crippen LogP contribution < -0.4 is 5.32 Å². The third-order valence-corrected chi connectivity index (χ3v) is 4.74. The fraction of sp³-hybridized carbons (Fsp3) is 0.571. The molecule has 0 aliphatic rings. The van der Waals surface area contributed by atoms with Crippen LogP contribution in [0.1, 0.15) is 25.3 Å². The minimum Gasteiger partial charge on any atom is -0.313 e. The molecule has 0 saturated carbocycles. The molecule has 0 bridgehead atoms. The maximum absolute atomic E-state index is 11.0. The van der Waals surface area contributed by atoms with E-state index in [2.05, 4.69) is 36.5 Å². The largest absolute Gasteiger partial charge is 0.313 e. The van der Waals surface area contributed by atoms with Gasteiger partial charge in [0.15, 0.2) is 0 Å². The first-order valence-corrected chi connectivity index (χ1v) is 9.66. The quantitative estimate of drug-likeness (QED) is 0.563. The highest BCUT2D eigenvalue weighted by Crippen LogP contribution is 2.19. The van der Waals surface area contributed by atoms with E-state index in [0.717, 1.165) is 25.3 Å².